The molecule has 2 bridgehead atoms. The van der Waals surface area contributed by atoms with Crippen LogP contribution in [0.1, 0.15) is 45.6 Å². The van der Waals surface area contributed by atoms with Gasteiger partial charge in [0, 0.05) is 35.9 Å². The Bertz CT molecular complexity index is 1380. The van der Waals surface area contributed by atoms with E-state index in [0.29, 0.717) is 11.3 Å². The number of rotatable bonds is 6. The maximum absolute atomic E-state index is 15.0. The van der Waals surface area contributed by atoms with E-state index in [4.69, 9.17) is 4.74 Å². The van der Waals surface area contributed by atoms with Crippen LogP contribution in [0.15, 0.2) is 46.2 Å². The quantitative estimate of drug-likeness (QED) is 0.599. The summed E-state index contributed by atoms with van der Waals surface area (Å²) in [6.07, 6.45) is 4.57. The summed E-state index contributed by atoms with van der Waals surface area (Å²) >= 11 is 0. The molecular weight excluding hydrogens is 511 g/mol. The number of amides is 2. The van der Waals surface area contributed by atoms with Gasteiger partial charge in [-0.2, -0.15) is 5.26 Å². The summed E-state index contributed by atoms with van der Waals surface area (Å²) in [5, 5.41) is 12.4. The maximum Gasteiger partial charge on any atom is 0.411 e. The van der Waals surface area contributed by atoms with E-state index in [-0.39, 0.29) is 29.6 Å². The summed E-state index contributed by atoms with van der Waals surface area (Å²) in [6.45, 7) is 5.29. The van der Waals surface area contributed by atoms with E-state index in [2.05, 4.69) is 5.32 Å². The van der Waals surface area contributed by atoms with E-state index < -0.39 is 51.9 Å². The number of aromatic nitrogens is 1. The van der Waals surface area contributed by atoms with Gasteiger partial charge in [0.25, 0.3) is 5.56 Å². The molecule has 1 saturated heterocycles. The number of hydrogen-bond acceptors (Lipinski definition) is 6. The van der Waals surface area contributed by atoms with Gasteiger partial charge in [0.2, 0.25) is 5.91 Å². The van der Waals surface area contributed by atoms with Gasteiger partial charge in [-0.1, -0.05) is 6.07 Å². The Balaban J connectivity index is 1.47. The van der Waals surface area contributed by atoms with Crippen molar-refractivity contribution in [2.75, 3.05) is 6.26 Å². The fourth-order valence-electron chi connectivity index (χ4n) is 5.21. The number of ether oxygens (including phenoxy) is 1. The molecule has 1 aliphatic heterocycles. The van der Waals surface area contributed by atoms with Gasteiger partial charge in [0.15, 0.2) is 0 Å². The van der Waals surface area contributed by atoms with Crippen molar-refractivity contribution >= 4 is 22.8 Å². The lowest BCUT2D eigenvalue weighted by Gasteiger charge is -2.35. The van der Waals surface area contributed by atoms with Crippen LogP contribution in [0, 0.1) is 23.1 Å². The average molecular weight is 543 g/mol. The van der Waals surface area contributed by atoms with E-state index in [1.165, 1.54) is 46.2 Å². The van der Waals surface area contributed by atoms with Crippen LogP contribution in [0.5, 0.6) is 0 Å². The smallest absolute Gasteiger partial charge is 0.411 e. The summed E-state index contributed by atoms with van der Waals surface area (Å²) in [5.74, 6) is -1.10. The molecule has 2 fully saturated rings. The lowest BCUT2D eigenvalue weighted by Crippen LogP contribution is -2.55. The van der Waals surface area contributed by atoms with Gasteiger partial charge in [-0.25, -0.2) is 9.18 Å². The first-order chi connectivity index (χ1) is 17.9. The summed E-state index contributed by atoms with van der Waals surface area (Å²) in [7, 11) is -1.32. The molecule has 1 aromatic heterocycles. The van der Waals surface area contributed by atoms with Crippen molar-refractivity contribution in [2.45, 2.75) is 75.1 Å². The molecule has 1 aromatic carbocycles. The number of fused-ring (bicyclic) bond motifs is 2. The zero-order valence-electron chi connectivity index (χ0n) is 21.8. The minimum Gasteiger partial charge on any atom is -0.444 e. The summed E-state index contributed by atoms with van der Waals surface area (Å²) in [5.41, 5.74) is -0.692. The highest BCUT2D eigenvalue weighted by molar-refractivity contribution is 7.84. The molecule has 2 aromatic rings. The number of hydrogen-bond donors (Lipinski definition) is 1. The van der Waals surface area contributed by atoms with Crippen molar-refractivity contribution in [3.8, 4) is 11.8 Å². The van der Waals surface area contributed by atoms with Crippen molar-refractivity contribution in [1.82, 2.24) is 14.8 Å². The Morgan fingerprint density at radius 1 is 1.26 bits per heavy atom. The number of likely N-dealkylation sites (tertiary alicyclic amines) is 1. The van der Waals surface area contributed by atoms with Crippen LogP contribution in [0.2, 0.25) is 0 Å². The highest BCUT2D eigenvalue weighted by Crippen LogP contribution is 2.43. The van der Waals surface area contributed by atoms with Crippen LogP contribution in [-0.2, 0) is 26.8 Å². The minimum atomic E-state index is -1.32. The number of carbonyl (C=O) groups excluding carboxylic acids is 2. The summed E-state index contributed by atoms with van der Waals surface area (Å²) < 4.78 is 33.4. The van der Waals surface area contributed by atoms with Gasteiger partial charge in [-0.3, -0.25) is 23.3 Å². The lowest BCUT2D eigenvalue weighted by molar-refractivity contribution is -0.128. The molecule has 1 unspecified atom stereocenters. The Hall–Kier alpha value is -3.52. The molecule has 4 rings (SSSR count). The zero-order chi connectivity index (χ0) is 27.8. The topological polar surface area (TPSA) is 122 Å². The lowest BCUT2D eigenvalue weighted by atomic mass is 9.97. The first-order valence-electron chi connectivity index (χ1n) is 12.4. The monoisotopic (exact) mass is 542 g/mol. The van der Waals surface area contributed by atoms with Gasteiger partial charge < -0.3 is 10.1 Å². The standard InChI is InChI=1S/C27H31FN4O5S/c1-27(2,3)37-26(35)32-20-8-6-17(12-20)24(32)25(34)30-18(15-29)11-16-5-7-19(13-22(16)28)31-10-9-21(38(4)36)14-23(31)33/h5,7,9-10,13-14,17-18,20,24H,6,8,11-12H2,1-4H3,(H,30,34)/t17-,18-,20+,24-,38?/m0/s1. The average Bonchev–Trinajstić information content (AvgIpc) is 3.45. The number of nitrogens with zero attached hydrogens (tertiary/aromatic N) is 3. The highest BCUT2D eigenvalue weighted by Gasteiger charge is 2.52. The third kappa shape index (κ3) is 5.80. The van der Waals surface area contributed by atoms with E-state index in [1.807, 2.05) is 6.07 Å². The van der Waals surface area contributed by atoms with Crippen LogP contribution in [-0.4, -0.2) is 55.7 Å². The second-order valence-electron chi connectivity index (χ2n) is 10.8. The van der Waals surface area contributed by atoms with E-state index in [1.54, 1.807) is 26.8 Å². The Labute approximate surface area is 223 Å². The molecule has 202 valence electrons. The normalized spacial score (nSPS) is 22.0. The Kier molecular flexibility index (Phi) is 7.74. The first-order valence-corrected chi connectivity index (χ1v) is 14.0. The number of carbonyl (C=O) groups is 2. The van der Waals surface area contributed by atoms with Crippen LogP contribution in [0.25, 0.3) is 5.69 Å². The Morgan fingerprint density at radius 3 is 2.61 bits per heavy atom. The fourth-order valence-corrected chi connectivity index (χ4v) is 5.73. The molecule has 5 atom stereocenters. The number of halogens is 1. The molecule has 2 aliphatic rings. The summed E-state index contributed by atoms with van der Waals surface area (Å²) in [6, 6.07) is 7.12. The molecule has 38 heavy (non-hydrogen) atoms. The van der Waals surface area contributed by atoms with Crippen molar-refractivity contribution in [1.29, 1.82) is 5.26 Å². The van der Waals surface area contributed by atoms with E-state index in [9.17, 15) is 23.9 Å². The van der Waals surface area contributed by atoms with Crippen molar-refractivity contribution in [2.24, 2.45) is 5.92 Å². The second kappa shape index (κ2) is 10.7. The molecule has 2 heterocycles. The predicted octanol–water partition coefficient (Wildman–Crippen LogP) is 3.05. The SMILES string of the molecule is CS(=O)c1ccn(-c2ccc(C[C@@H](C#N)NC(=O)[C@@H]3[C@H]4CC[C@H](C4)N3C(=O)OC(C)(C)C)c(F)c2)c(=O)c1. The van der Waals surface area contributed by atoms with E-state index >= 15 is 4.39 Å². The highest BCUT2D eigenvalue weighted by atomic mass is 32.2. The zero-order valence-corrected chi connectivity index (χ0v) is 22.6. The Morgan fingerprint density at radius 2 is 2.00 bits per heavy atom. The third-order valence-corrected chi connectivity index (χ3v) is 7.81. The van der Waals surface area contributed by atoms with Crippen LogP contribution in [0.3, 0.4) is 0 Å². The van der Waals surface area contributed by atoms with Gasteiger partial charge in [-0.05, 0) is 69.7 Å². The molecule has 2 amide bonds. The van der Waals surface area contributed by atoms with Gasteiger partial charge in [-0.15, -0.1) is 0 Å². The molecule has 1 aliphatic carbocycles. The van der Waals surface area contributed by atoms with Gasteiger partial charge in [0.1, 0.15) is 23.5 Å². The summed E-state index contributed by atoms with van der Waals surface area (Å²) in [4.78, 5) is 40.4. The van der Waals surface area contributed by atoms with Crippen molar-refractivity contribution < 1.29 is 22.9 Å². The number of piperidine rings is 1. The minimum absolute atomic E-state index is 0.0160. The number of pyridine rings is 1. The van der Waals surface area contributed by atoms with Crippen LogP contribution < -0.4 is 10.9 Å². The molecular formula is C27H31FN4O5S. The maximum atomic E-state index is 15.0. The van der Waals surface area contributed by atoms with E-state index in [0.717, 1.165) is 12.8 Å². The predicted molar refractivity (Wildman–Crippen MR) is 139 cm³/mol. The van der Waals surface area contributed by atoms with Crippen LogP contribution >= 0.6 is 0 Å². The second-order valence-corrected chi connectivity index (χ2v) is 12.1. The number of nitriles is 1. The fraction of sp³-hybridized carbons (Fsp3) is 0.481. The van der Waals surface area contributed by atoms with Crippen molar-refractivity contribution in [3.63, 3.8) is 0 Å². The largest absolute Gasteiger partial charge is 0.444 e. The van der Waals surface area contributed by atoms with Gasteiger partial charge in [0.05, 0.1) is 22.6 Å². The molecule has 1 saturated carbocycles. The number of nitrogens with one attached hydrogen (secondary N) is 1. The molecule has 9 nitrogen and oxygen atoms in total. The van der Waals surface area contributed by atoms with Crippen molar-refractivity contribution in [3.05, 3.63) is 58.3 Å². The first kappa shape index (κ1) is 27.5. The molecule has 1 N–H and O–H groups in total. The number of benzene rings is 1. The molecule has 0 spiro atoms. The van der Waals surface area contributed by atoms with Crippen LogP contribution in [0.4, 0.5) is 9.18 Å². The van der Waals surface area contributed by atoms with Gasteiger partial charge >= 0.3 is 6.09 Å². The molecule has 11 heteroatoms. The molecule has 0 radical (unpaired) electrons. The third-order valence-electron chi connectivity index (χ3n) is 6.89.